The van der Waals surface area contributed by atoms with Gasteiger partial charge in [-0.3, -0.25) is 4.79 Å². The molecule has 0 aromatic carbocycles. The van der Waals surface area contributed by atoms with E-state index < -0.39 is 0 Å². The van der Waals surface area contributed by atoms with Gasteiger partial charge in [0.05, 0.1) is 0 Å². The summed E-state index contributed by atoms with van der Waals surface area (Å²) in [7, 11) is 0. The number of thiol groups is 1. The van der Waals surface area contributed by atoms with Crippen LogP contribution in [0, 0.1) is 0 Å². The minimum absolute atomic E-state index is 0.293. The van der Waals surface area contributed by atoms with E-state index in [1.807, 2.05) is 0 Å². The summed E-state index contributed by atoms with van der Waals surface area (Å²) >= 11 is 3.25. The molecule has 0 saturated carbocycles. The Morgan fingerprint density at radius 1 is 0.583 bits per heavy atom. The molecule has 24 heavy (non-hydrogen) atoms. The van der Waals surface area contributed by atoms with Gasteiger partial charge in [-0.2, -0.15) is 0 Å². The summed E-state index contributed by atoms with van der Waals surface area (Å²) in [5.74, 6) is -0.293. The number of carbonyl (C=O) groups excluding carboxylic acids is 1. The summed E-state index contributed by atoms with van der Waals surface area (Å²) in [5.41, 5.74) is 0. The molecule has 0 radical (unpaired) electrons. The second-order valence-electron chi connectivity index (χ2n) is 6.77. The second kappa shape index (κ2) is 25.1. The summed E-state index contributed by atoms with van der Waals surface area (Å²) < 4.78 is 3.95. The zero-order valence-electron chi connectivity index (χ0n) is 16.8. The molecule has 0 atom stereocenters. The van der Waals surface area contributed by atoms with Crippen molar-refractivity contribution < 1.29 is 8.98 Å². The van der Waals surface area contributed by atoms with Crippen LogP contribution in [0.1, 0.15) is 130 Å². The van der Waals surface area contributed by atoms with Crippen molar-refractivity contribution in [3.63, 3.8) is 0 Å². The number of rotatable bonds is 16. The van der Waals surface area contributed by atoms with E-state index >= 15 is 0 Å². The highest BCUT2D eigenvalue weighted by Crippen LogP contribution is 2.13. The molecule has 0 fully saturated rings. The quantitative estimate of drug-likeness (QED) is 0.171. The molecule has 0 heterocycles. The molecular weight excluding hydrogens is 316 g/mol. The molecule has 0 saturated heterocycles. The predicted molar refractivity (Wildman–Crippen MR) is 111 cm³/mol. The van der Waals surface area contributed by atoms with Crippen LogP contribution in [0.4, 0.5) is 0 Å². The third kappa shape index (κ3) is 26.7. The normalized spacial score (nSPS) is 10.2. The molecule has 0 N–H and O–H groups in total. The average Bonchev–Trinajstić information content (AvgIpc) is 2.62. The standard InChI is InChI=1S/C18H38.C3H6O2S/c1-3-5-7-9-11-13-15-17-18-16-14-12-10-8-6-4-2;1-2-3(4)5-6/h3-18H2,1-2H3;6H,2H2,1H3. The lowest BCUT2D eigenvalue weighted by atomic mass is 10.0. The van der Waals surface area contributed by atoms with Crippen LogP contribution in [0.25, 0.3) is 0 Å². The topological polar surface area (TPSA) is 26.3 Å². The Morgan fingerprint density at radius 3 is 0.958 bits per heavy atom. The summed E-state index contributed by atoms with van der Waals surface area (Å²) in [4.78, 5) is 9.88. The van der Waals surface area contributed by atoms with Gasteiger partial charge in [0.2, 0.25) is 0 Å². The van der Waals surface area contributed by atoms with Crippen LogP contribution >= 0.6 is 12.9 Å². The van der Waals surface area contributed by atoms with E-state index in [-0.39, 0.29) is 5.97 Å². The van der Waals surface area contributed by atoms with Crippen LogP contribution < -0.4 is 0 Å². The van der Waals surface area contributed by atoms with Gasteiger partial charge in [-0.15, -0.1) is 0 Å². The Balaban J connectivity index is 0. The maximum absolute atomic E-state index is 9.88. The van der Waals surface area contributed by atoms with Crippen molar-refractivity contribution in [2.75, 3.05) is 0 Å². The fourth-order valence-electron chi connectivity index (χ4n) is 2.69. The fourth-order valence-corrected chi connectivity index (χ4v) is 2.81. The highest BCUT2D eigenvalue weighted by atomic mass is 32.1. The van der Waals surface area contributed by atoms with Crippen molar-refractivity contribution in [1.29, 1.82) is 0 Å². The van der Waals surface area contributed by atoms with Gasteiger partial charge in [-0.05, 0) is 0 Å². The van der Waals surface area contributed by atoms with Gasteiger partial charge in [-0.25, -0.2) is 0 Å². The maximum Gasteiger partial charge on any atom is 0.317 e. The van der Waals surface area contributed by atoms with E-state index in [9.17, 15) is 4.79 Å². The number of unbranched alkanes of at least 4 members (excludes halogenated alkanes) is 15. The van der Waals surface area contributed by atoms with Gasteiger partial charge >= 0.3 is 5.97 Å². The highest BCUT2D eigenvalue weighted by Gasteiger charge is 1.93. The van der Waals surface area contributed by atoms with Crippen molar-refractivity contribution in [3.8, 4) is 0 Å². The van der Waals surface area contributed by atoms with Crippen molar-refractivity contribution in [2.24, 2.45) is 0 Å². The first-order chi connectivity index (χ1) is 11.7. The predicted octanol–water partition coefficient (Wildman–Crippen LogP) is 8.05. The lowest BCUT2D eigenvalue weighted by Gasteiger charge is -2.03. The first-order valence-electron chi connectivity index (χ1n) is 10.6. The lowest BCUT2D eigenvalue weighted by molar-refractivity contribution is -0.132. The van der Waals surface area contributed by atoms with Gasteiger partial charge in [0, 0.05) is 19.3 Å². The Kier molecular flexibility index (Phi) is 27.2. The van der Waals surface area contributed by atoms with Gasteiger partial charge in [0.25, 0.3) is 0 Å². The first-order valence-corrected chi connectivity index (χ1v) is 10.9. The summed E-state index contributed by atoms with van der Waals surface area (Å²) in [6.07, 6.45) is 23.8. The number of hydrogen-bond donors (Lipinski definition) is 1. The van der Waals surface area contributed by atoms with Crippen LogP contribution in [0.3, 0.4) is 0 Å². The van der Waals surface area contributed by atoms with Crippen molar-refractivity contribution in [1.82, 2.24) is 0 Å². The Morgan fingerprint density at radius 2 is 0.833 bits per heavy atom. The fraction of sp³-hybridized carbons (Fsp3) is 0.952. The van der Waals surface area contributed by atoms with Crippen LogP contribution in [0.5, 0.6) is 0 Å². The Bertz CT molecular complexity index is 210. The molecule has 0 unspecified atom stereocenters. The molecule has 146 valence electrons. The van der Waals surface area contributed by atoms with E-state index in [4.69, 9.17) is 0 Å². The lowest BCUT2D eigenvalue weighted by Crippen LogP contribution is -1.90. The Labute approximate surface area is 158 Å². The summed E-state index contributed by atoms with van der Waals surface area (Å²) in [6.45, 7) is 6.29. The van der Waals surface area contributed by atoms with E-state index in [2.05, 4.69) is 30.9 Å². The van der Waals surface area contributed by atoms with E-state index in [0.29, 0.717) is 6.42 Å². The summed E-state index contributed by atoms with van der Waals surface area (Å²) in [6, 6.07) is 0. The minimum Gasteiger partial charge on any atom is -0.395 e. The highest BCUT2D eigenvalue weighted by molar-refractivity contribution is 7.75. The molecule has 0 bridgehead atoms. The summed E-state index contributed by atoms with van der Waals surface area (Å²) in [5, 5.41) is 0. The molecule has 0 rings (SSSR count). The van der Waals surface area contributed by atoms with Gasteiger partial charge in [-0.1, -0.05) is 124 Å². The molecule has 0 aromatic rings. The first kappa shape index (κ1) is 26.1. The largest absolute Gasteiger partial charge is 0.395 e. The average molecular weight is 361 g/mol. The van der Waals surface area contributed by atoms with Crippen LogP contribution in [-0.2, 0) is 8.98 Å². The van der Waals surface area contributed by atoms with Crippen LogP contribution in [0.15, 0.2) is 0 Å². The molecular formula is C21H44O2S. The molecule has 0 aliphatic rings. The van der Waals surface area contributed by atoms with Crippen molar-refractivity contribution in [2.45, 2.75) is 130 Å². The molecule has 2 nitrogen and oxygen atoms in total. The third-order valence-electron chi connectivity index (χ3n) is 4.35. The van der Waals surface area contributed by atoms with E-state index in [1.54, 1.807) is 6.92 Å². The SMILES string of the molecule is CCC(=O)OS.CCCCCCCCCCCCCCCCCC. The van der Waals surface area contributed by atoms with Gasteiger partial charge < -0.3 is 4.18 Å². The van der Waals surface area contributed by atoms with Crippen LogP contribution in [0.2, 0.25) is 0 Å². The Hall–Kier alpha value is -0.180. The van der Waals surface area contributed by atoms with E-state index in [0.717, 1.165) is 0 Å². The van der Waals surface area contributed by atoms with E-state index in [1.165, 1.54) is 103 Å². The number of hydrogen-bond acceptors (Lipinski definition) is 3. The monoisotopic (exact) mass is 360 g/mol. The molecule has 0 aliphatic heterocycles. The van der Waals surface area contributed by atoms with Crippen LogP contribution in [-0.4, -0.2) is 5.97 Å². The molecule has 0 amide bonds. The maximum atomic E-state index is 9.88. The molecule has 0 aliphatic carbocycles. The number of carbonyl (C=O) groups is 1. The molecule has 0 aromatic heterocycles. The zero-order chi connectivity index (χ0) is 18.3. The minimum atomic E-state index is -0.293. The third-order valence-corrected chi connectivity index (χ3v) is 4.55. The van der Waals surface area contributed by atoms with Gasteiger partial charge in [0.15, 0.2) is 0 Å². The van der Waals surface area contributed by atoms with Crippen molar-refractivity contribution >= 4 is 18.9 Å². The van der Waals surface area contributed by atoms with Crippen molar-refractivity contribution in [3.05, 3.63) is 0 Å². The zero-order valence-corrected chi connectivity index (χ0v) is 17.7. The van der Waals surface area contributed by atoms with Gasteiger partial charge in [0.1, 0.15) is 0 Å². The molecule has 0 spiro atoms. The molecule has 3 heteroatoms. The second-order valence-corrected chi connectivity index (χ2v) is 6.95. The smallest absolute Gasteiger partial charge is 0.317 e.